The smallest absolute Gasteiger partial charge is 0.272 e. The summed E-state index contributed by atoms with van der Waals surface area (Å²) in [5.41, 5.74) is 0.254. The zero-order chi connectivity index (χ0) is 17.9. The van der Waals surface area contributed by atoms with Gasteiger partial charge in [0.05, 0.1) is 12.1 Å². The Bertz CT molecular complexity index is 737. The molecule has 6 nitrogen and oxygen atoms in total. The van der Waals surface area contributed by atoms with Gasteiger partial charge in [-0.15, -0.1) is 0 Å². The van der Waals surface area contributed by atoms with Crippen molar-refractivity contribution in [2.75, 3.05) is 31.6 Å². The van der Waals surface area contributed by atoms with Gasteiger partial charge >= 0.3 is 0 Å². The Hall–Kier alpha value is -2.47. The molecule has 1 aliphatic rings. The van der Waals surface area contributed by atoms with E-state index in [-0.39, 0.29) is 12.5 Å². The van der Waals surface area contributed by atoms with Crippen LogP contribution in [0.3, 0.4) is 0 Å². The van der Waals surface area contributed by atoms with Crippen molar-refractivity contribution in [3.63, 3.8) is 0 Å². The van der Waals surface area contributed by atoms with Crippen LogP contribution in [0.4, 0.5) is 5.82 Å². The molecule has 1 fully saturated rings. The van der Waals surface area contributed by atoms with Crippen LogP contribution in [-0.4, -0.2) is 58.2 Å². The number of pyridine rings is 2. The molecule has 1 amide bonds. The van der Waals surface area contributed by atoms with Gasteiger partial charge in [0.2, 0.25) is 0 Å². The number of amides is 1. The number of aliphatic hydroxyl groups is 1. The third-order valence-electron chi connectivity index (χ3n) is 4.51. The van der Waals surface area contributed by atoms with Crippen molar-refractivity contribution in [2.45, 2.75) is 25.4 Å². The van der Waals surface area contributed by atoms with E-state index in [9.17, 15) is 9.90 Å². The van der Waals surface area contributed by atoms with Crippen LogP contribution in [0.1, 0.15) is 29.0 Å². The Kier molecular flexibility index (Phi) is 4.99. The molecule has 1 atom stereocenters. The lowest BCUT2D eigenvalue weighted by Gasteiger charge is -2.41. The highest BCUT2D eigenvalue weighted by atomic mass is 16.3. The third kappa shape index (κ3) is 4.14. The second-order valence-corrected chi connectivity index (χ2v) is 6.76. The minimum atomic E-state index is -0.954. The first-order valence-corrected chi connectivity index (χ1v) is 8.54. The van der Waals surface area contributed by atoms with Crippen molar-refractivity contribution in [3.8, 4) is 0 Å². The predicted octanol–water partition coefficient (Wildman–Crippen LogP) is 1.89. The first-order valence-electron chi connectivity index (χ1n) is 8.54. The fourth-order valence-corrected chi connectivity index (χ4v) is 3.35. The number of rotatable bonds is 4. The van der Waals surface area contributed by atoms with E-state index in [0.717, 1.165) is 24.5 Å². The SMILES string of the molecule is Cc1cccc(C(=O)N(C)CC2(O)CCCN(c3ccccn3)C2)n1. The fraction of sp³-hybridized carbons (Fsp3) is 0.421. The van der Waals surface area contributed by atoms with Crippen LogP contribution < -0.4 is 4.90 Å². The first-order chi connectivity index (χ1) is 12.0. The zero-order valence-corrected chi connectivity index (χ0v) is 14.7. The number of nitrogens with zero attached hydrogens (tertiary/aromatic N) is 4. The minimum Gasteiger partial charge on any atom is -0.386 e. The summed E-state index contributed by atoms with van der Waals surface area (Å²) in [4.78, 5) is 24.9. The van der Waals surface area contributed by atoms with Crippen LogP contribution in [-0.2, 0) is 0 Å². The van der Waals surface area contributed by atoms with Gasteiger partial charge in [0, 0.05) is 32.0 Å². The number of piperidine rings is 1. The molecule has 0 bridgehead atoms. The highest BCUT2D eigenvalue weighted by Gasteiger charge is 2.36. The molecule has 25 heavy (non-hydrogen) atoms. The lowest BCUT2D eigenvalue weighted by molar-refractivity contribution is -0.000279. The predicted molar refractivity (Wildman–Crippen MR) is 96.6 cm³/mol. The summed E-state index contributed by atoms with van der Waals surface area (Å²) >= 11 is 0. The quantitative estimate of drug-likeness (QED) is 0.920. The van der Waals surface area contributed by atoms with E-state index in [1.54, 1.807) is 24.2 Å². The topological polar surface area (TPSA) is 69.6 Å². The maximum atomic E-state index is 12.6. The molecule has 3 rings (SSSR count). The van der Waals surface area contributed by atoms with Crippen molar-refractivity contribution in [1.29, 1.82) is 0 Å². The Morgan fingerprint density at radius 3 is 2.88 bits per heavy atom. The van der Waals surface area contributed by atoms with Gasteiger partial charge in [-0.2, -0.15) is 0 Å². The first kappa shape index (κ1) is 17.4. The molecule has 0 radical (unpaired) electrons. The van der Waals surface area contributed by atoms with E-state index in [0.29, 0.717) is 18.7 Å². The zero-order valence-electron chi connectivity index (χ0n) is 14.7. The molecule has 0 saturated carbocycles. The molecule has 6 heteroatoms. The largest absolute Gasteiger partial charge is 0.386 e. The summed E-state index contributed by atoms with van der Waals surface area (Å²) in [5.74, 6) is 0.682. The molecular weight excluding hydrogens is 316 g/mol. The molecule has 2 aromatic heterocycles. The molecule has 1 N–H and O–H groups in total. The van der Waals surface area contributed by atoms with Crippen LogP contribution in [0.5, 0.6) is 0 Å². The van der Waals surface area contributed by atoms with Crippen molar-refractivity contribution in [1.82, 2.24) is 14.9 Å². The molecule has 0 aromatic carbocycles. The van der Waals surface area contributed by atoms with E-state index in [4.69, 9.17) is 0 Å². The molecular formula is C19H24N4O2. The Morgan fingerprint density at radius 2 is 2.16 bits per heavy atom. The van der Waals surface area contributed by atoms with Gasteiger partial charge in [-0.3, -0.25) is 4.79 Å². The molecule has 0 aliphatic carbocycles. The normalized spacial score (nSPS) is 20.4. The second-order valence-electron chi connectivity index (χ2n) is 6.76. The molecule has 1 aliphatic heterocycles. The molecule has 0 spiro atoms. The number of hydrogen-bond acceptors (Lipinski definition) is 5. The van der Waals surface area contributed by atoms with E-state index in [2.05, 4.69) is 14.9 Å². The minimum absolute atomic E-state index is 0.174. The van der Waals surface area contributed by atoms with Crippen molar-refractivity contribution in [2.24, 2.45) is 0 Å². The summed E-state index contributed by atoms with van der Waals surface area (Å²) in [6, 6.07) is 11.1. The van der Waals surface area contributed by atoms with Gasteiger partial charge < -0.3 is 14.9 Å². The Labute approximate surface area is 148 Å². The van der Waals surface area contributed by atoms with Gasteiger partial charge in [-0.25, -0.2) is 9.97 Å². The highest BCUT2D eigenvalue weighted by Crippen LogP contribution is 2.25. The van der Waals surface area contributed by atoms with Crippen molar-refractivity contribution >= 4 is 11.7 Å². The number of carbonyl (C=O) groups excluding carboxylic acids is 1. The number of β-amino-alcohol motifs (C(OH)–C–C–N with tert-alkyl or cyclic N) is 1. The van der Waals surface area contributed by atoms with Crippen molar-refractivity contribution < 1.29 is 9.90 Å². The van der Waals surface area contributed by atoms with Gasteiger partial charge in [0.25, 0.3) is 5.91 Å². The van der Waals surface area contributed by atoms with Gasteiger partial charge in [-0.05, 0) is 44.0 Å². The van der Waals surface area contributed by atoms with E-state index in [1.165, 1.54) is 0 Å². The van der Waals surface area contributed by atoms with Crippen LogP contribution in [0.15, 0.2) is 42.6 Å². The van der Waals surface area contributed by atoms with E-state index < -0.39 is 5.60 Å². The average Bonchev–Trinajstić information content (AvgIpc) is 2.61. The Morgan fingerprint density at radius 1 is 1.32 bits per heavy atom. The third-order valence-corrected chi connectivity index (χ3v) is 4.51. The monoisotopic (exact) mass is 340 g/mol. The number of likely N-dealkylation sites (N-methyl/N-ethyl adjacent to an activating group) is 1. The highest BCUT2D eigenvalue weighted by molar-refractivity contribution is 5.92. The molecule has 3 heterocycles. The van der Waals surface area contributed by atoms with Gasteiger partial charge in [-0.1, -0.05) is 12.1 Å². The lowest BCUT2D eigenvalue weighted by Crippen LogP contribution is -2.55. The standard InChI is InChI=1S/C19H24N4O2/c1-15-7-5-8-16(21-15)18(24)22(2)13-19(25)10-6-12-23(14-19)17-9-3-4-11-20-17/h3-5,7-9,11,25H,6,10,12-14H2,1-2H3. The van der Waals surface area contributed by atoms with Crippen LogP contribution >= 0.6 is 0 Å². The molecule has 1 saturated heterocycles. The van der Waals surface area contributed by atoms with Gasteiger partial charge in [0.15, 0.2) is 0 Å². The lowest BCUT2D eigenvalue weighted by atomic mass is 9.92. The van der Waals surface area contributed by atoms with Crippen LogP contribution in [0, 0.1) is 6.92 Å². The number of aryl methyl sites for hydroxylation is 1. The molecule has 2 aromatic rings. The Balaban J connectivity index is 1.69. The van der Waals surface area contributed by atoms with Crippen molar-refractivity contribution in [3.05, 3.63) is 54.0 Å². The summed E-state index contributed by atoms with van der Waals surface area (Å²) in [6.45, 7) is 3.44. The molecule has 132 valence electrons. The number of hydrogen-bond donors (Lipinski definition) is 1. The average molecular weight is 340 g/mol. The van der Waals surface area contributed by atoms with Gasteiger partial charge in [0.1, 0.15) is 11.5 Å². The van der Waals surface area contributed by atoms with Crippen LogP contribution in [0.25, 0.3) is 0 Å². The maximum absolute atomic E-state index is 12.6. The number of anilines is 1. The van der Waals surface area contributed by atoms with E-state index in [1.807, 2.05) is 37.3 Å². The summed E-state index contributed by atoms with van der Waals surface area (Å²) in [5, 5.41) is 11.0. The number of carbonyl (C=O) groups is 1. The fourth-order valence-electron chi connectivity index (χ4n) is 3.35. The summed E-state index contributed by atoms with van der Waals surface area (Å²) < 4.78 is 0. The maximum Gasteiger partial charge on any atom is 0.272 e. The number of aromatic nitrogens is 2. The van der Waals surface area contributed by atoms with E-state index >= 15 is 0 Å². The summed E-state index contributed by atoms with van der Waals surface area (Å²) in [6.07, 6.45) is 3.27. The molecule has 1 unspecified atom stereocenters. The van der Waals surface area contributed by atoms with Crippen LogP contribution in [0.2, 0.25) is 0 Å². The second kappa shape index (κ2) is 7.19. The summed E-state index contributed by atoms with van der Waals surface area (Å²) in [7, 11) is 1.71.